The number of hydrogen-bond donors (Lipinski definition) is 1. The first-order valence-electron chi connectivity index (χ1n) is 3.64. The first-order valence-corrected chi connectivity index (χ1v) is 6.13. The van der Waals surface area contributed by atoms with E-state index >= 15 is 0 Å². The van der Waals surface area contributed by atoms with Crippen molar-refractivity contribution in [2.45, 2.75) is 27.7 Å². The highest BCUT2D eigenvalue weighted by Gasteiger charge is 2.33. The zero-order chi connectivity index (χ0) is 7.72. The van der Waals surface area contributed by atoms with E-state index in [4.69, 9.17) is 0 Å². The Balaban J connectivity index is 2.49. The van der Waals surface area contributed by atoms with Crippen LogP contribution in [0.2, 0.25) is 0 Å². The molecule has 3 heteroatoms. The second kappa shape index (κ2) is 3.89. The summed E-state index contributed by atoms with van der Waals surface area (Å²) < 4.78 is 1.64. The van der Waals surface area contributed by atoms with Crippen molar-refractivity contribution in [3.8, 4) is 0 Å². The van der Waals surface area contributed by atoms with Crippen molar-refractivity contribution in [1.82, 2.24) is 5.32 Å². The third-order valence-corrected chi connectivity index (χ3v) is 6.19. The lowest BCUT2D eigenvalue weighted by molar-refractivity contribution is 0.466. The second-order valence-electron chi connectivity index (χ2n) is 3.14. The SMILES string of the molecule is CC(C)C1NC[C@@H](I)[C@H]1I. The van der Waals surface area contributed by atoms with Crippen molar-refractivity contribution in [2.24, 2.45) is 5.92 Å². The first-order chi connectivity index (χ1) is 4.63. The molecule has 1 fully saturated rings. The molecule has 1 aliphatic heterocycles. The van der Waals surface area contributed by atoms with Crippen molar-refractivity contribution in [2.75, 3.05) is 6.54 Å². The molecule has 3 atom stereocenters. The van der Waals surface area contributed by atoms with Gasteiger partial charge in [0, 0.05) is 20.4 Å². The van der Waals surface area contributed by atoms with Crippen LogP contribution in [-0.4, -0.2) is 20.4 Å². The summed E-state index contributed by atoms with van der Waals surface area (Å²) >= 11 is 5.10. The summed E-state index contributed by atoms with van der Waals surface area (Å²) in [6.07, 6.45) is 0. The fraction of sp³-hybridized carbons (Fsp3) is 1.00. The van der Waals surface area contributed by atoms with E-state index in [2.05, 4.69) is 64.3 Å². The second-order valence-corrected chi connectivity index (χ2v) is 6.18. The van der Waals surface area contributed by atoms with Gasteiger partial charge in [0.05, 0.1) is 0 Å². The van der Waals surface area contributed by atoms with Gasteiger partial charge < -0.3 is 5.32 Å². The van der Waals surface area contributed by atoms with Crippen molar-refractivity contribution in [3.05, 3.63) is 0 Å². The molecule has 0 aliphatic carbocycles. The monoisotopic (exact) mass is 365 g/mol. The Morgan fingerprint density at radius 1 is 1.40 bits per heavy atom. The van der Waals surface area contributed by atoms with Gasteiger partial charge in [-0.15, -0.1) is 0 Å². The smallest absolute Gasteiger partial charge is 0.0396 e. The summed E-state index contributed by atoms with van der Waals surface area (Å²) in [7, 11) is 0. The van der Waals surface area contributed by atoms with Crippen molar-refractivity contribution < 1.29 is 0 Å². The minimum Gasteiger partial charge on any atom is -0.312 e. The van der Waals surface area contributed by atoms with Gasteiger partial charge in [0.15, 0.2) is 0 Å². The van der Waals surface area contributed by atoms with Gasteiger partial charge in [0.2, 0.25) is 0 Å². The molecule has 1 saturated heterocycles. The van der Waals surface area contributed by atoms with Gasteiger partial charge in [-0.25, -0.2) is 0 Å². The van der Waals surface area contributed by atoms with Crippen LogP contribution in [0.25, 0.3) is 0 Å². The minimum absolute atomic E-state index is 0.738. The number of alkyl halides is 2. The Morgan fingerprint density at radius 3 is 2.20 bits per heavy atom. The topological polar surface area (TPSA) is 12.0 Å². The zero-order valence-corrected chi connectivity index (χ0v) is 10.6. The fourth-order valence-corrected chi connectivity index (χ4v) is 3.34. The molecule has 1 unspecified atom stereocenters. The fourth-order valence-electron chi connectivity index (χ4n) is 1.30. The van der Waals surface area contributed by atoms with Crippen molar-refractivity contribution in [1.29, 1.82) is 0 Å². The van der Waals surface area contributed by atoms with Gasteiger partial charge in [-0.1, -0.05) is 59.0 Å². The summed E-state index contributed by atoms with van der Waals surface area (Å²) in [6.45, 7) is 5.77. The van der Waals surface area contributed by atoms with Crippen LogP contribution in [-0.2, 0) is 0 Å². The third-order valence-electron chi connectivity index (χ3n) is 1.96. The molecule has 1 nitrogen and oxygen atoms in total. The van der Waals surface area contributed by atoms with Gasteiger partial charge in [-0.05, 0) is 5.92 Å². The van der Waals surface area contributed by atoms with Gasteiger partial charge >= 0.3 is 0 Å². The molecular weight excluding hydrogens is 352 g/mol. The molecule has 1 rings (SSSR count). The standard InChI is InChI=1S/C7H13I2N/c1-4(2)7-6(9)5(8)3-10-7/h4-7,10H,3H2,1-2H3/t5-,6-,7?/m1/s1. The van der Waals surface area contributed by atoms with E-state index in [0.717, 1.165) is 19.8 Å². The summed E-state index contributed by atoms with van der Waals surface area (Å²) in [5.74, 6) is 0.779. The van der Waals surface area contributed by atoms with E-state index in [1.165, 1.54) is 6.54 Å². The van der Waals surface area contributed by atoms with E-state index in [0.29, 0.717) is 0 Å². The normalized spacial score (nSPS) is 41.1. The van der Waals surface area contributed by atoms with Crippen LogP contribution in [0.1, 0.15) is 13.8 Å². The van der Waals surface area contributed by atoms with E-state index in [1.807, 2.05) is 0 Å². The quantitative estimate of drug-likeness (QED) is 0.555. The van der Waals surface area contributed by atoms with Gasteiger partial charge in [0.1, 0.15) is 0 Å². The number of hydrogen-bond acceptors (Lipinski definition) is 1. The molecule has 0 saturated carbocycles. The lowest BCUT2D eigenvalue weighted by Gasteiger charge is -2.18. The lowest BCUT2D eigenvalue weighted by Crippen LogP contribution is -2.32. The van der Waals surface area contributed by atoms with E-state index < -0.39 is 0 Å². The highest BCUT2D eigenvalue weighted by Crippen LogP contribution is 2.27. The maximum Gasteiger partial charge on any atom is 0.0396 e. The van der Waals surface area contributed by atoms with Crippen LogP contribution in [0.15, 0.2) is 0 Å². The Hall–Kier alpha value is 1.42. The van der Waals surface area contributed by atoms with Crippen LogP contribution < -0.4 is 5.32 Å². The number of halogens is 2. The van der Waals surface area contributed by atoms with Gasteiger partial charge in [-0.3, -0.25) is 0 Å². The maximum absolute atomic E-state index is 3.54. The molecule has 0 aromatic heterocycles. The average molecular weight is 365 g/mol. The van der Waals surface area contributed by atoms with Gasteiger partial charge in [0.25, 0.3) is 0 Å². The molecule has 0 radical (unpaired) electrons. The summed E-state index contributed by atoms with van der Waals surface area (Å²) in [5.41, 5.74) is 0. The van der Waals surface area contributed by atoms with Crippen LogP contribution in [0.5, 0.6) is 0 Å². The molecule has 1 N–H and O–H groups in total. The molecule has 0 aromatic carbocycles. The highest BCUT2D eigenvalue weighted by atomic mass is 127. The van der Waals surface area contributed by atoms with Gasteiger partial charge in [-0.2, -0.15) is 0 Å². The van der Waals surface area contributed by atoms with Crippen LogP contribution >= 0.6 is 45.2 Å². The Labute approximate surface area is 90.0 Å². The molecule has 0 bridgehead atoms. The Morgan fingerprint density at radius 2 is 2.00 bits per heavy atom. The molecular formula is C7H13I2N. The summed E-state index contributed by atoms with van der Waals surface area (Å²) in [4.78, 5) is 0. The zero-order valence-electron chi connectivity index (χ0n) is 6.27. The van der Waals surface area contributed by atoms with Crippen LogP contribution in [0, 0.1) is 5.92 Å². The highest BCUT2D eigenvalue weighted by molar-refractivity contribution is 14.1. The molecule has 0 spiro atoms. The molecule has 0 aromatic rings. The first kappa shape index (κ1) is 9.51. The Bertz CT molecular complexity index is 116. The molecule has 60 valence electrons. The molecule has 1 aliphatic rings. The predicted octanol–water partition coefficient (Wildman–Crippen LogP) is 2.22. The summed E-state index contributed by atoms with van der Waals surface area (Å²) in [5, 5.41) is 3.54. The molecule has 0 amide bonds. The third kappa shape index (κ3) is 1.97. The predicted molar refractivity (Wildman–Crippen MR) is 62.2 cm³/mol. The largest absolute Gasteiger partial charge is 0.312 e. The van der Waals surface area contributed by atoms with E-state index in [9.17, 15) is 0 Å². The van der Waals surface area contributed by atoms with Crippen LogP contribution in [0.4, 0.5) is 0 Å². The average Bonchev–Trinajstić information content (AvgIpc) is 2.14. The van der Waals surface area contributed by atoms with Crippen molar-refractivity contribution in [3.63, 3.8) is 0 Å². The minimum atomic E-state index is 0.738. The summed E-state index contributed by atoms with van der Waals surface area (Å²) in [6, 6.07) is 0.738. The van der Waals surface area contributed by atoms with E-state index in [-0.39, 0.29) is 0 Å². The molecule has 10 heavy (non-hydrogen) atoms. The Kier molecular flexibility index (Phi) is 3.70. The van der Waals surface area contributed by atoms with E-state index in [1.54, 1.807) is 0 Å². The number of nitrogens with one attached hydrogen (secondary N) is 1. The molecule has 1 heterocycles. The number of rotatable bonds is 1. The van der Waals surface area contributed by atoms with Crippen molar-refractivity contribution >= 4 is 45.2 Å². The maximum atomic E-state index is 3.54. The van der Waals surface area contributed by atoms with Crippen LogP contribution in [0.3, 0.4) is 0 Å². The lowest BCUT2D eigenvalue weighted by atomic mass is 10.0.